The van der Waals surface area contributed by atoms with Crippen molar-refractivity contribution in [1.82, 2.24) is 15.6 Å². The van der Waals surface area contributed by atoms with Crippen LogP contribution in [0.15, 0.2) is 24.3 Å². The van der Waals surface area contributed by atoms with Crippen molar-refractivity contribution in [3.8, 4) is 0 Å². The van der Waals surface area contributed by atoms with Gasteiger partial charge in [-0.15, -0.1) is 11.3 Å². The fourth-order valence-electron chi connectivity index (χ4n) is 1.89. The number of nitrogens with zero attached hydrogens (tertiary/aromatic N) is 1. The Morgan fingerprint density at radius 3 is 2.76 bits per heavy atom. The topological polar surface area (TPSA) is 75.5 Å². The summed E-state index contributed by atoms with van der Waals surface area (Å²) < 4.78 is 1.14. The second-order valence-corrected chi connectivity index (χ2v) is 6.00. The van der Waals surface area contributed by atoms with E-state index in [0.717, 1.165) is 20.1 Å². The van der Waals surface area contributed by atoms with Gasteiger partial charge in [0.25, 0.3) is 5.91 Å². The predicted molar refractivity (Wildman–Crippen MR) is 82.3 cm³/mol. The lowest BCUT2D eigenvalue weighted by Crippen LogP contribution is -3.12. The second-order valence-electron chi connectivity index (χ2n) is 4.89. The van der Waals surface area contributed by atoms with Crippen molar-refractivity contribution in [2.45, 2.75) is 19.5 Å². The van der Waals surface area contributed by atoms with E-state index in [-0.39, 0.29) is 11.9 Å². The molecule has 0 saturated heterocycles. The highest BCUT2D eigenvalue weighted by molar-refractivity contribution is 7.18. The van der Waals surface area contributed by atoms with Gasteiger partial charge >= 0.3 is 6.03 Å². The van der Waals surface area contributed by atoms with Crippen LogP contribution in [0.1, 0.15) is 11.9 Å². The van der Waals surface area contributed by atoms with E-state index in [0.29, 0.717) is 6.54 Å². The van der Waals surface area contributed by atoms with Gasteiger partial charge in [-0.1, -0.05) is 12.1 Å². The number of likely N-dealkylation sites (N-methyl/N-ethyl adjacent to an activating group) is 1. The molecular formula is C14H19N4O2S+. The summed E-state index contributed by atoms with van der Waals surface area (Å²) in [6.07, 6.45) is 0. The number of nitrogens with one attached hydrogen (secondary N) is 3. The molecule has 2 rings (SSSR count). The van der Waals surface area contributed by atoms with Crippen LogP contribution in [-0.2, 0) is 11.3 Å². The molecule has 2 atom stereocenters. The van der Waals surface area contributed by atoms with E-state index in [2.05, 4.69) is 15.6 Å². The van der Waals surface area contributed by atoms with Crippen molar-refractivity contribution >= 4 is 33.5 Å². The third kappa shape index (κ3) is 3.77. The van der Waals surface area contributed by atoms with Gasteiger partial charge in [-0.25, -0.2) is 9.78 Å². The number of imide groups is 1. The maximum Gasteiger partial charge on any atom is 0.321 e. The molecule has 0 fully saturated rings. The number of quaternary nitrogens is 1. The van der Waals surface area contributed by atoms with Gasteiger partial charge in [0.2, 0.25) is 0 Å². The van der Waals surface area contributed by atoms with E-state index >= 15 is 0 Å². The minimum atomic E-state index is -0.486. The minimum absolute atomic E-state index is 0.298. The number of thiazole rings is 1. The van der Waals surface area contributed by atoms with Crippen molar-refractivity contribution in [1.29, 1.82) is 0 Å². The Labute approximate surface area is 127 Å². The van der Waals surface area contributed by atoms with E-state index < -0.39 is 6.03 Å². The van der Waals surface area contributed by atoms with Gasteiger partial charge in [0.1, 0.15) is 11.6 Å². The number of carbonyl (C=O) groups is 2. The molecule has 0 radical (unpaired) electrons. The zero-order valence-electron chi connectivity index (χ0n) is 12.3. The molecule has 1 aromatic carbocycles. The standard InChI is InChI=1S/C14H18N4O2S/c1-9(13(19)17-14(20)15-2)18(3)8-12-16-10-6-4-5-7-11(10)21-12/h4-7,9H,8H2,1-3H3,(H2,15,17,19,20)/p+1/t9-/m1/s1. The highest BCUT2D eigenvalue weighted by atomic mass is 32.1. The maximum atomic E-state index is 11.9. The summed E-state index contributed by atoms with van der Waals surface area (Å²) in [6.45, 7) is 2.43. The summed E-state index contributed by atoms with van der Waals surface area (Å²) in [7, 11) is 3.39. The first-order valence-corrected chi connectivity index (χ1v) is 7.52. The second kappa shape index (κ2) is 6.64. The summed E-state index contributed by atoms with van der Waals surface area (Å²) in [6, 6.07) is 7.14. The van der Waals surface area contributed by atoms with E-state index in [1.807, 2.05) is 31.3 Å². The molecule has 0 saturated carbocycles. The molecule has 2 aromatic rings. The van der Waals surface area contributed by atoms with Crippen LogP contribution in [0.3, 0.4) is 0 Å². The summed E-state index contributed by atoms with van der Waals surface area (Å²) in [5.74, 6) is -0.298. The van der Waals surface area contributed by atoms with Gasteiger partial charge in [0.05, 0.1) is 17.3 Å². The fourth-order valence-corrected chi connectivity index (χ4v) is 2.96. The zero-order chi connectivity index (χ0) is 15.4. The SMILES string of the molecule is CNC(=O)NC(=O)[C@@H](C)[NH+](C)Cc1nc2ccccc2s1. The van der Waals surface area contributed by atoms with Crippen molar-refractivity contribution in [3.63, 3.8) is 0 Å². The molecule has 3 N–H and O–H groups in total. The lowest BCUT2D eigenvalue weighted by Gasteiger charge is -2.19. The van der Waals surface area contributed by atoms with Gasteiger partial charge in [0, 0.05) is 7.05 Å². The number of urea groups is 1. The summed E-state index contributed by atoms with van der Waals surface area (Å²) >= 11 is 1.63. The van der Waals surface area contributed by atoms with E-state index in [9.17, 15) is 9.59 Å². The number of benzene rings is 1. The molecule has 1 aromatic heterocycles. The first-order valence-electron chi connectivity index (χ1n) is 6.70. The van der Waals surface area contributed by atoms with E-state index in [1.165, 1.54) is 7.05 Å². The quantitative estimate of drug-likeness (QED) is 0.753. The monoisotopic (exact) mass is 307 g/mol. The lowest BCUT2D eigenvalue weighted by molar-refractivity contribution is -0.908. The number of rotatable bonds is 4. The molecule has 21 heavy (non-hydrogen) atoms. The third-order valence-corrected chi connectivity index (χ3v) is 4.40. The lowest BCUT2D eigenvalue weighted by atomic mass is 10.3. The number of carbonyl (C=O) groups excluding carboxylic acids is 2. The number of hydrogen-bond donors (Lipinski definition) is 3. The number of para-hydroxylation sites is 1. The number of fused-ring (bicyclic) bond motifs is 1. The summed E-state index contributed by atoms with van der Waals surface area (Å²) in [4.78, 5) is 28.6. The van der Waals surface area contributed by atoms with Gasteiger partial charge in [-0.05, 0) is 19.1 Å². The Morgan fingerprint density at radius 2 is 2.10 bits per heavy atom. The van der Waals surface area contributed by atoms with Crippen LogP contribution in [0.2, 0.25) is 0 Å². The van der Waals surface area contributed by atoms with E-state index in [4.69, 9.17) is 0 Å². The highest BCUT2D eigenvalue weighted by Gasteiger charge is 2.24. The van der Waals surface area contributed by atoms with Crippen molar-refractivity contribution in [2.75, 3.05) is 14.1 Å². The molecule has 0 aliphatic carbocycles. The van der Waals surface area contributed by atoms with Gasteiger partial charge in [-0.3, -0.25) is 10.1 Å². The van der Waals surface area contributed by atoms with Gasteiger partial charge in [-0.2, -0.15) is 0 Å². The Bertz CT molecular complexity index is 622. The van der Waals surface area contributed by atoms with Crippen LogP contribution < -0.4 is 15.5 Å². The number of amides is 3. The van der Waals surface area contributed by atoms with Crippen LogP contribution in [-0.4, -0.2) is 37.1 Å². The van der Waals surface area contributed by atoms with Crippen molar-refractivity contribution in [2.24, 2.45) is 0 Å². The molecule has 1 unspecified atom stereocenters. The number of aromatic nitrogens is 1. The maximum absolute atomic E-state index is 11.9. The van der Waals surface area contributed by atoms with Gasteiger partial charge < -0.3 is 10.2 Å². The molecule has 6 nitrogen and oxygen atoms in total. The van der Waals surface area contributed by atoms with Crippen molar-refractivity contribution in [3.05, 3.63) is 29.3 Å². The summed E-state index contributed by atoms with van der Waals surface area (Å²) in [5.41, 5.74) is 0.979. The molecule has 7 heteroatoms. The van der Waals surface area contributed by atoms with Crippen LogP contribution in [0, 0.1) is 0 Å². The fraction of sp³-hybridized carbons (Fsp3) is 0.357. The first-order chi connectivity index (χ1) is 10.0. The Kier molecular flexibility index (Phi) is 4.87. The van der Waals surface area contributed by atoms with E-state index in [1.54, 1.807) is 18.3 Å². The minimum Gasteiger partial charge on any atom is -0.341 e. The molecule has 0 spiro atoms. The Hall–Kier alpha value is -1.99. The molecule has 0 aliphatic heterocycles. The average Bonchev–Trinajstić information content (AvgIpc) is 2.88. The van der Waals surface area contributed by atoms with Crippen molar-refractivity contribution < 1.29 is 14.5 Å². The molecule has 3 amide bonds. The van der Waals surface area contributed by atoms with Crippen LogP contribution in [0.25, 0.3) is 10.2 Å². The third-order valence-electron chi connectivity index (χ3n) is 3.36. The van der Waals surface area contributed by atoms with Crippen LogP contribution in [0.5, 0.6) is 0 Å². The number of hydrogen-bond acceptors (Lipinski definition) is 4. The Balaban J connectivity index is 2.01. The molecule has 0 bridgehead atoms. The molecule has 1 heterocycles. The van der Waals surface area contributed by atoms with Gasteiger partial charge in [0.15, 0.2) is 6.04 Å². The molecular weight excluding hydrogens is 288 g/mol. The molecule has 112 valence electrons. The average molecular weight is 307 g/mol. The zero-order valence-corrected chi connectivity index (χ0v) is 13.1. The molecule has 0 aliphatic rings. The Morgan fingerprint density at radius 1 is 1.38 bits per heavy atom. The predicted octanol–water partition coefficient (Wildman–Crippen LogP) is 0.155. The van der Waals surface area contributed by atoms with Crippen LogP contribution in [0.4, 0.5) is 4.79 Å². The smallest absolute Gasteiger partial charge is 0.321 e. The highest BCUT2D eigenvalue weighted by Crippen LogP contribution is 2.20. The normalized spacial score (nSPS) is 13.7. The summed E-state index contributed by atoms with van der Waals surface area (Å²) in [5, 5.41) is 5.64. The first kappa shape index (κ1) is 15.4. The largest absolute Gasteiger partial charge is 0.341 e. The van der Waals surface area contributed by atoms with Crippen LogP contribution >= 0.6 is 11.3 Å².